The summed E-state index contributed by atoms with van der Waals surface area (Å²) in [6.45, 7) is 6.05. The third kappa shape index (κ3) is 4.00. The molecule has 4 aliphatic carbocycles. The van der Waals surface area contributed by atoms with Gasteiger partial charge in [0.15, 0.2) is 6.10 Å². The van der Waals surface area contributed by atoms with Crippen LogP contribution in [0.25, 0.3) is 0 Å². The predicted octanol–water partition coefficient (Wildman–Crippen LogP) is 6.57. The van der Waals surface area contributed by atoms with Crippen LogP contribution in [0.5, 0.6) is 5.75 Å². The van der Waals surface area contributed by atoms with Crippen molar-refractivity contribution < 1.29 is 9.53 Å². The lowest BCUT2D eigenvalue weighted by Gasteiger charge is -2.57. The van der Waals surface area contributed by atoms with Gasteiger partial charge in [-0.2, -0.15) is 0 Å². The Kier molecular flexibility index (Phi) is 5.32. The standard InChI is InChI=1S/C28H35NO2/c1-4-25(31-26-11-18(2)5-6-19(26)3)27(30)29-24-9-7-23(8-10-24)28-15-20-12-21(16-28)14-22(13-20)17-28/h5-11,20-22,25H,4,12-17H2,1-3H3,(H,29,30). The summed E-state index contributed by atoms with van der Waals surface area (Å²) in [5, 5.41) is 3.08. The lowest BCUT2D eigenvalue weighted by Crippen LogP contribution is -2.48. The Balaban J connectivity index is 1.27. The lowest BCUT2D eigenvalue weighted by molar-refractivity contribution is -0.122. The normalized spacial score (nSPS) is 29.6. The molecule has 164 valence electrons. The lowest BCUT2D eigenvalue weighted by atomic mass is 9.48. The number of benzene rings is 2. The topological polar surface area (TPSA) is 38.3 Å². The maximum atomic E-state index is 12.9. The van der Waals surface area contributed by atoms with E-state index in [1.807, 2.05) is 32.9 Å². The Bertz CT molecular complexity index is 926. The summed E-state index contributed by atoms with van der Waals surface area (Å²) in [4.78, 5) is 12.9. The summed E-state index contributed by atoms with van der Waals surface area (Å²) in [6, 6.07) is 14.8. The zero-order chi connectivity index (χ0) is 21.6. The van der Waals surface area contributed by atoms with Gasteiger partial charge in [-0.1, -0.05) is 31.2 Å². The van der Waals surface area contributed by atoms with E-state index >= 15 is 0 Å². The van der Waals surface area contributed by atoms with Crippen LogP contribution in [0.15, 0.2) is 42.5 Å². The average molecular weight is 418 g/mol. The maximum absolute atomic E-state index is 12.9. The third-order valence-corrected chi connectivity index (χ3v) is 8.08. The molecule has 4 saturated carbocycles. The van der Waals surface area contributed by atoms with Gasteiger partial charge in [0.1, 0.15) is 5.75 Å². The third-order valence-electron chi connectivity index (χ3n) is 8.08. The summed E-state index contributed by atoms with van der Waals surface area (Å²) in [6.07, 6.45) is 8.63. The van der Waals surface area contributed by atoms with E-state index in [0.717, 1.165) is 40.3 Å². The van der Waals surface area contributed by atoms with Gasteiger partial charge < -0.3 is 10.1 Å². The molecule has 6 rings (SSSR count). The molecule has 3 heteroatoms. The number of hydrogen-bond acceptors (Lipinski definition) is 2. The highest BCUT2D eigenvalue weighted by atomic mass is 16.5. The highest BCUT2D eigenvalue weighted by molar-refractivity contribution is 5.94. The van der Waals surface area contributed by atoms with Gasteiger partial charge in [-0.15, -0.1) is 0 Å². The van der Waals surface area contributed by atoms with Crippen LogP contribution in [-0.2, 0) is 10.2 Å². The number of ether oxygens (including phenoxy) is 1. The number of aryl methyl sites for hydroxylation is 2. The van der Waals surface area contributed by atoms with Crippen LogP contribution in [0, 0.1) is 31.6 Å². The summed E-state index contributed by atoms with van der Waals surface area (Å²) < 4.78 is 6.09. The van der Waals surface area contributed by atoms with E-state index in [-0.39, 0.29) is 5.91 Å². The first kappa shape index (κ1) is 20.6. The first-order valence-corrected chi connectivity index (χ1v) is 12.1. The van der Waals surface area contributed by atoms with E-state index in [2.05, 4.69) is 35.6 Å². The Morgan fingerprint density at radius 3 is 2.19 bits per heavy atom. The van der Waals surface area contributed by atoms with Gasteiger partial charge in [-0.25, -0.2) is 0 Å². The number of hydrogen-bond donors (Lipinski definition) is 1. The molecular weight excluding hydrogens is 382 g/mol. The molecule has 0 spiro atoms. The molecule has 31 heavy (non-hydrogen) atoms. The molecule has 1 N–H and O–H groups in total. The molecule has 3 nitrogen and oxygen atoms in total. The Labute approximate surface area is 186 Å². The van der Waals surface area contributed by atoms with Crippen molar-refractivity contribution in [1.29, 1.82) is 0 Å². The van der Waals surface area contributed by atoms with Gasteiger partial charge in [0.2, 0.25) is 0 Å². The van der Waals surface area contributed by atoms with Gasteiger partial charge in [0.05, 0.1) is 0 Å². The maximum Gasteiger partial charge on any atom is 0.265 e. The second-order valence-electron chi connectivity index (χ2n) is 10.5. The van der Waals surface area contributed by atoms with Crippen molar-refractivity contribution in [3.63, 3.8) is 0 Å². The largest absolute Gasteiger partial charge is 0.480 e. The quantitative estimate of drug-likeness (QED) is 0.577. The zero-order valence-corrected chi connectivity index (χ0v) is 19.1. The van der Waals surface area contributed by atoms with Crippen molar-refractivity contribution in [2.45, 2.75) is 77.2 Å². The highest BCUT2D eigenvalue weighted by Crippen LogP contribution is 2.60. The van der Waals surface area contributed by atoms with E-state index in [4.69, 9.17) is 4.74 Å². The molecular formula is C28H35NO2. The SMILES string of the molecule is CCC(Oc1cc(C)ccc1C)C(=O)Nc1ccc(C23CC4CC(CC(C4)C2)C3)cc1. The second kappa shape index (κ2) is 8.00. The fourth-order valence-electron chi connectivity index (χ4n) is 6.90. The van der Waals surface area contributed by atoms with E-state index in [1.165, 1.54) is 44.1 Å². The first-order chi connectivity index (χ1) is 14.9. The average Bonchev–Trinajstić information content (AvgIpc) is 2.73. The minimum absolute atomic E-state index is 0.0778. The molecule has 4 bridgehead atoms. The molecule has 1 amide bonds. The molecule has 1 unspecified atom stereocenters. The monoisotopic (exact) mass is 417 g/mol. The van der Waals surface area contributed by atoms with E-state index in [0.29, 0.717) is 11.8 Å². The van der Waals surface area contributed by atoms with Crippen LogP contribution in [0.1, 0.15) is 68.6 Å². The first-order valence-electron chi connectivity index (χ1n) is 12.1. The second-order valence-corrected chi connectivity index (χ2v) is 10.5. The van der Waals surface area contributed by atoms with E-state index in [1.54, 1.807) is 0 Å². The molecule has 0 aromatic heterocycles. The van der Waals surface area contributed by atoms with Crippen LogP contribution in [0.2, 0.25) is 0 Å². The summed E-state index contributed by atoms with van der Waals surface area (Å²) >= 11 is 0. The smallest absolute Gasteiger partial charge is 0.265 e. The van der Waals surface area contributed by atoms with Crippen molar-refractivity contribution in [3.05, 3.63) is 59.2 Å². The van der Waals surface area contributed by atoms with Gasteiger partial charge in [-0.3, -0.25) is 4.79 Å². The van der Waals surface area contributed by atoms with Crippen molar-refractivity contribution in [2.24, 2.45) is 17.8 Å². The molecule has 0 radical (unpaired) electrons. The van der Waals surface area contributed by atoms with Crippen molar-refractivity contribution in [1.82, 2.24) is 0 Å². The molecule has 1 atom stereocenters. The molecule has 2 aromatic rings. The van der Waals surface area contributed by atoms with E-state index < -0.39 is 6.10 Å². The fraction of sp³-hybridized carbons (Fsp3) is 0.536. The van der Waals surface area contributed by atoms with Crippen LogP contribution < -0.4 is 10.1 Å². The van der Waals surface area contributed by atoms with Gasteiger partial charge >= 0.3 is 0 Å². The molecule has 0 heterocycles. The number of carbonyl (C=O) groups excluding carboxylic acids is 1. The van der Waals surface area contributed by atoms with Gasteiger partial charge in [0.25, 0.3) is 5.91 Å². The van der Waals surface area contributed by atoms with Crippen LogP contribution in [0.4, 0.5) is 5.69 Å². The minimum atomic E-state index is -0.497. The summed E-state index contributed by atoms with van der Waals surface area (Å²) in [7, 11) is 0. The molecule has 2 aromatic carbocycles. The Morgan fingerprint density at radius 1 is 1.00 bits per heavy atom. The summed E-state index contributed by atoms with van der Waals surface area (Å²) in [5.41, 5.74) is 4.94. The summed E-state index contributed by atoms with van der Waals surface area (Å²) in [5.74, 6) is 3.54. The van der Waals surface area contributed by atoms with Crippen LogP contribution in [-0.4, -0.2) is 12.0 Å². The van der Waals surface area contributed by atoms with Crippen LogP contribution in [0.3, 0.4) is 0 Å². The minimum Gasteiger partial charge on any atom is -0.480 e. The zero-order valence-electron chi connectivity index (χ0n) is 19.1. The van der Waals surface area contributed by atoms with Crippen molar-refractivity contribution in [2.75, 3.05) is 5.32 Å². The molecule has 4 fully saturated rings. The highest BCUT2D eigenvalue weighted by Gasteiger charge is 2.51. The van der Waals surface area contributed by atoms with Crippen LogP contribution >= 0.6 is 0 Å². The van der Waals surface area contributed by atoms with Gasteiger partial charge in [-0.05, 0) is 117 Å². The predicted molar refractivity (Wildman–Crippen MR) is 126 cm³/mol. The Morgan fingerprint density at radius 2 is 1.61 bits per heavy atom. The number of carbonyl (C=O) groups is 1. The number of anilines is 1. The van der Waals surface area contributed by atoms with E-state index in [9.17, 15) is 4.79 Å². The number of nitrogens with one attached hydrogen (secondary N) is 1. The number of rotatable bonds is 6. The molecule has 0 saturated heterocycles. The van der Waals surface area contributed by atoms with Gasteiger partial charge in [0, 0.05) is 5.69 Å². The fourth-order valence-corrected chi connectivity index (χ4v) is 6.90. The molecule has 4 aliphatic rings. The number of amides is 1. The van der Waals surface area contributed by atoms with Crippen molar-refractivity contribution >= 4 is 11.6 Å². The Hall–Kier alpha value is -2.29. The van der Waals surface area contributed by atoms with Crippen molar-refractivity contribution in [3.8, 4) is 5.75 Å². The molecule has 0 aliphatic heterocycles.